The lowest BCUT2D eigenvalue weighted by Crippen LogP contribution is -2.22. The molecular formula is C12H15FO2. The van der Waals surface area contributed by atoms with Gasteiger partial charge in [-0.15, -0.1) is 0 Å². The summed E-state index contributed by atoms with van der Waals surface area (Å²) in [4.78, 5) is 0. The summed E-state index contributed by atoms with van der Waals surface area (Å²) in [7, 11) is 1.44. The Labute approximate surface area is 88.7 Å². The minimum Gasteiger partial charge on any atom is -0.494 e. The van der Waals surface area contributed by atoms with Gasteiger partial charge in [0.05, 0.1) is 13.2 Å². The van der Waals surface area contributed by atoms with Crippen LogP contribution in [-0.2, 0) is 5.41 Å². The van der Waals surface area contributed by atoms with E-state index in [1.165, 1.54) is 13.2 Å². The zero-order valence-electron chi connectivity index (χ0n) is 8.96. The second-order valence-electron chi connectivity index (χ2n) is 4.18. The van der Waals surface area contributed by atoms with Crippen LogP contribution in [0.4, 0.5) is 4.39 Å². The first kappa shape index (κ1) is 10.4. The highest BCUT2D eigenvalue weighted by Crippen LogP contribution is 2.51. The van der Waals surface area contributed by atoms with Crippen molar-refractivity contribution in [1.82, 2.24) is 0 Å². The fourth-order valence-electron chi connectivity index (χ4n) is 2.06. The highest BCUT2D eigenvalue weighted by Gasteiger charge is 2.48. The largest absolute Gasteiger partial charge is 0.494 e. The summed E-state index contributed by atoms with van der Waals surface area (Å²) in [5, 5.41) is 9.66. The van der Waals surface area contributed by atoms with Gasteiger partial charge in [0.2, 0.25) is 0 Å². The maximum atomic E-state index is 13.5. The summed E-state index contributed by atoms with van der Waals surface area (Å²) in [6.45, 7) is 1.76. The number of halogens is 1. The van der Waals surface area contributed by atoms with Gasteiger partial charge in [0.15, 0.2) is 11.6 Å². The van der Waals surface area contributed by atoms with Crippen molar-refractivity contribution in [2.24, 2.45) is 0 Å². The zero-order valence-corrected chi connectivity index (χ0v) is 8.96. The maximum Gasteiger partial charge on any atom is 0.165 e. The van der Waals surface area contributed by atoms with E-state index in [0.717, 1.165) is 18.4 Å². The number of methoxy groups -OCH3 is 1. The van der Waals surface area contributed by atoms with Crippen LogP contribution in [0.15, 0.2) is 18.2 Å². The van der Waals surface area contributed by atoms with Gasteiger partial charge in [-0.25, -0.2) is 4.39 Å². The third-order valence-corrected chi connectivity index (χ3v) is 3.32. The molecule has 1 saturated carbocycles. The Kier molecular flexibility index (Phi) is 2.43. The van der Waals surface area contributed by atoms with Crippen LogP contribution in [0.3, 0.4) is 0 Å². The molecule has 0 saturated heterocycles. The summed E-state index contributed by atoms with van der Waals surface area (Å²) in [6.07, 6.45) is 1.43. The first-order valence-electron chi connectivity index (χ1n) is 5.12. The quantitative estimate of drug-likeness (QED) is 0.829. The number of rotatable bonds is 3. The SMILES string of the molecule is COc1ccc(C2(C(C)O)CC2)cc1F. The molecule has 1 atom stereocenters. The Hall–Kier alpha value is -1.09. The molecule has 82 valence electrons. The summed E-state index contributed by atoms with van der Waals surface area (Å²) in [5.41, 5.74) is 0.656. The zero-order chi connectivity index (χ0) is 11.1. The lowest BCUT2D eigenvalue weighted by Gasteiger charge is -2.19. The molecule has 2 nitrogen and oxygen atoms in total. The Morgan fingerprint density at radius 3 is 2.53 bits per heavy atom. The molecule has 0 amide bonds. The molecule has 0 heterocycles. The lowest BCUT2D eigenvalue weighted by atomic mass is 9.91. The van der Waals surface area contributed by atoms with E-state index in [1.54, 1.807) is 13.0 Å². The van der Waals surface area contributed by atoms with Gasteiger partial charge in [-0.2, -0.15) is 0 Å². The van der Waals surface area contributed by atoms with Crippen molar-refractivity contribution in [3.63, 3.8) is 0 Å². The topological polar surface area (TPSA) is 29.5 Å². The van der Waals surface area contributed by atoms with Crippen molar-refractivity contribution in [3.8, 4) is 5.75 Å². The Bertz CT molecular complexity index is 370. The van der Waals surface area contributed by atoms with Gasteiger partial charge >= 0.3 is 0 Å². The van der Waals surface area contributed by atoms with E-state index in [2.05, 4.69) is 0 Å². The molecule has 0 spiro atoms. The highest BCUT2D eigenvalue weighted by molar-refractivity contribution is 5.38. The predicted molar refractivity (Wildman–Crippen MR) is 55.5 cm³/mol. The molecule has 1 unspecified atom stereocenters. The molecule has 3 heteroatoms. The fourth-order valence-corrected chi connectivity index (χ4v) is 2.06. The number of hydrogen-bond donors (Lipinski definition) is 1. The van der Waals surface area contributed by atoms with E-state index in [1.807, 2.05) is 6.07 Å². The molecular weight excluding hydrogens is 195 g/mol. The Morgan fingerprint density at radius 2 is 2.13 bits per heavy atom. The second-order valence-corrected chi connectivity index (χ2v) is 4.18. The maximum absolute atomic E-state index is 13.5. The van der Waals surface area contributed by atoms with Crippen molar-refractivity contribution >= 4 is 0 Å². The molecule has 2 rings (SSSR count). The molecule has 1 aliphatic rings. The molecule has 0 radical (unpaired) electrons. The summed E-state index contributed by atoms with van der Waals surface area (Å²) >= 11 is 0. The van der Waals surface area contributed by atoms with Crippen LogP contribution in [-0.4, -0.2) is 18.3 Å². The van der Waals surface area contributed by atoms with Crippen molar-refractivity contribution in [2.45, 2.75) is 31.3 Å². The van der Waals surface area contributed by atoms with Gasteiger partial charge in [0.25, 0.3) is 0 Å². The molecule has 0 aliphatic heterocycles. The highest BCUT2D eigenvalue weighted by atomic mass is 19.1. The molecule has 1 aromatic carbocycles. The van der Waals surface area contributed by atoms with Gasteiger partial charge in [-0.1, -0.05) is 6.07 Å². The Balaban J connectivity index is 2.35. The van der Waals surface area contributed by atoms with Crippen LogP contribution in [0.5, 0.6) is 5.75 Å². The monoisotopic (exact) mass is 210 g/mol. The summed E-state index contributed by atoms with van der Waals surface area (Å²) in [6, 6.07) is 4.92. The molecule has 1 fully saturated rings. The van der Waals surface area contributed by atoms with Crippen molar-refractivity contribution in [1.29, 1.82) is 0 Å². The second kappa shape index (κ2) is 3.49. The molecule has 1 aliphatic carbocycles. The molecule has 15 heavy (non-hydrogen) atoms. The van der Waals surface area contributed by atoms with Crippen LogP contribution in [0, 0.1) is 5.82 Å². The lowest BCUT2D eigenvalue weighted by molar-refractivity contribution is 0.150. The third kappa shape index (κ3) is 1.61. The molecule has 0 bridgehead atoms. The molecule has 1 aromatic rings. The van der Waals surface area contributed by atoms with E-state index in [4.69, 9.17) is 4.74 Å². The van der Waals surface area contributed by atoms with Gasteiger partial charge in [-0.05, 0) is 37.5 Å². The normalized spacial score (nSPS) is 19.7. The van der Waals surface area contributed by atoms with E-state index in [9.17, 15) is 9.50 Å². The van der Waals surface area contributed by atoms with Crippen molar-refractivity contribution in [2.75, 3.05) is 7.11 Å². The number of aliphatic hydroxyl groups excluding tert-OH is 1. The summed E-state index contributed by atoms with van der Waals surface area (Å²) in [5.74, 6) is -0.109. The first-order valence-corrected chi connectivity index (χ1v) is 5.12. The Morgan fingerprint density at radius 1 is 1.47 bits per heavy atom. The van der Waals surface area contributed by atoms with Crippen LogP contribution < -0.4 is 4.74 Å². The van der Waals surface area contributed by atoms with E-state index >= 15 is 0 Å². The third-order valence-electron chi connectivity index (χ3n) is 3.32. The van der Waals surface area contributed by atoms with E-state index < -0.39 is 6.10 Å². The molecule has 0 aromatic heterocycles. The standard InChI is InChI=1S/C12H15FO2/c1-8(14)12(5-6-12)9-3-4-11(15-2)10(13)7-9/h3-4,7-8,14H,5-6H2,1-2H3. The van der Waals surface area contributed by atoms with E-state index in [0.29, 0.717) is 0 Å². The van der Waals surface area contributed by atoms with Crippen LogP contribution >= 0.6 is 0 Å². The van der Waals surface area contributed by atoms with Crippen molar-refractivity contribution < 1.29 is 14.2 Å². The number of ether oxygens (including phenoxy) is 1. The van der Waals surface area contributed by atoms with Gasteiger partial charge < -0.3 is 9.84 Å². The first-order chi connectivity index (χ1) is 7.10. The van der Waals surface area contributed by atoms with Crippen LogP contribution in [0.25, 0.3) is 0 Å². The minimum absolute atomic E-state index is 0.215. The number of aliphatic hydroxyl groups is 1. The summed E-state index contributed by atoms with van der Waals surface area (Å²) < 4.78 is 18.3. The predicted octanol–water partition coefficient (Wildman–Crippen LogP) is 2.25. The fraction of sp³-hybridized carbons (Fsp3) is 0.500. The average Bonchev–Trinajstić information content (AvgIpc) is 2.98. The van der Waals surface area contributed by atoms with Crippen molar-refractivity contribution in [3.05, 3.63) is 29.6 Å². The minimum atomic E-state index is -0.426. The van der Waals surface area contributed by atoms with Gasteiger partial charge in [0, 0.05) is 5.41 Å². The van der Waals surface area contributed by atoms with Gasteiger partial charge in [0.1, 0.15) is 0 Å². The smallest absolute Gasteiger partial charge is 0.165 e. The van der Waals surface area contributed by atoms with E-state index in [-0.39, 0.29) is 17.0 Å². The number of benzene rings is 1. The van der Waals surface area contributed by atoms with Crippen LogP contribution in [0.2, 0.25) is 0 Å². The van der Waals surface area contributed by atoms with Crippen LogP contribution in [0.1, 0.15) is 25.3 Å². The van der Waals surface area contributed by atoms with Gasteiger partial charge in [-0.3, -0.25) is 0 Å². The molecule has 1 N–H and O–H groups in total. The average molecular weight is 210 g/mol. The number of hydrogen-bond acceptors (Lipinski definition) is 2.